The fourth-order valence-corrected chi connectivity index (χ4v) is 2.25. The average molecular weight is 282 g/mol. The SMILES string of the molecule is COc1ccc(F)cc1COc1ccsc1C(=O)O. The molecule has 0 saturated carbocycles. The van der Waals surface area contributed by atoms with Crippen LogP contribution in [-0.4, -0.2) is 18.2 Å². The molecule has 4 nitrogen and oxygen atoms in total. The summed E-state index contributed by atoms with van der Waals surface area (Å²) in [5, 5.41) is 10.6. The highest BCUT2D eigenvalue weighted by Crippen LogP contribution is 2.27. The van der Waals surface area contributed by atoms with E-state index in [1.54, 1.807) is 11.4 Å². The van der Waals surface area contributed by atoms with Gasteiger partial charge in [0.1, 0.15) is 23.9 Å². The number of methoxy groups -OCH3 is 1. The van der Waals surface area contributed by atoms with Gasteiger partial charge in [0.2, 0.25) is 0 Å². The standard InChI is InChI=1S/C13H11FO4S/c1-17-10-3-2-9(14)6-8(10)7-18-11-4-5-19-12(11)13(15)16/h2-6H,7H2,1H3,(H,15,16). The lowest BCUT2D eigenvalue weighted by molar-refractivity contribution is 0.0697. The number of rotatable bonds is 5. The molecule has 6 heteroatoms. The summed E-state index contributed by atoms with van der Waals surface area (Å²) >= 11 is 1.08. The maximum absolute atomic E-state index is 13.2. The number of hydrogen-bond acceptors (Lipinski definition) is 4. The van der Waals surface area contributed by atoms with Gasteiger partial charge in [-0.15, -0.1) is 11.3 Å². The number of aromatic carboxylic acids is 1. The van der Waals surface area contributed by atoms with Crippen LogP contribution in [-0.2, 0) is 6.61 Å². The van der Waals surface area contributed by atoms with E-state index < -0.39 is 11.8 Å². The Morgan fingerprint density at radius 2 is 2.16 bits per heavy atom. The first-order valence-electron chi connectivity index (χ1n) is 5.38. The fourth-order valence-electron chi connectivity index (χ4n) is 1.58. The predicted molar refractivity (Wildman–Crippen MR) is 68.6 cm³/mol. The average Bonchev–Trinajstić information content (AvgIpc) is 2.85. The van der Waals surface area contributed by atoms with Crippen LogP contribution < -0.4 is 9.47 Å². The summed E-state index contributed by atoms with van der Waals surface area (Å²) in [5.41, 5.74) is 0.519. The summed E-state index contributed by atoms with van der Waals surface area (Å²) in [6.07, 6.45) is 0. The zero-order valence-corrected chi connectivity index (χ0v) is 10.9. The smallest absolute Gasteiger partial charge is 0.349 e. The normalized spacial score (nSPS) is 10.2. The summed E-state index contributed by atoms with van der Waals surface area (Å²) in [4.78, 5) is 11.0. The minimum Gasteiger partial charge on any atom is -0.496 e. The number of ether oxygens (including phenoxy) is 2. The van der Waals surface area contributed by atoms with E-state index in [9.17, 15) is 9.18 Å². The second-order valence-corrected chi connectivity index (χ2v) is 4.58. The topological polar surface area (TPSA) is 55.8 Å². The van der Waals surface area contributed by atoms with Crippen molar-refractivity contribution in [1.82, 2.24) is 0 Å². The van der Waals surface area contributed by atoms with E-state index in [0.717, 1.165) is 11.3 Å². The first kappa shape index (κ1) is 13.4. The Labute approximate surface area is 113 Å². The van der Waals surface area contributed by atoms with Gasteiger partial charge in [0, 0.05) is 5.56 Å². The number of carbonyl (C=O) groups is 1. The Hall–Kier alpha value is -2.08. The highest BCUT2D eigenvalue weighted by atomic mass is 32.1. The van der Waals surface area contributed by atoms with Crippen LogP contribution >= 0.6 is 11.3 Å². The number of carboxylic acid groups (broad SMARTS) is 1. The Bertz CT molecular complexity index is 594. The molecule has 1 N–H and O–H groups in total. The van der Waals surface area contributed by atoms with Crippen LogP contribution in [0.1, 0.15) is 15.2 Å². The molecule has 0 unspecified atom stereocenters. The summed E-state index contributed by atoms with van der Waals surface area (Å²) in [6.45, 7) is 0.0396. The number of thiophene rings is 1. The van der Waals surface area contributed by atoms with Crippen molar-refractivity contribution in [1.29, 1.82) is 0 Å². The van der Waals surface area contributed by atoms with Crippen LogP contribution in [0.3, 0.4) is 0 Å². The zero-order valence-electron chi connectivity index (χ0n) is 10.1. The highest BCUT2D eigenvalue weighted by Gasteiger charge is 2.14. The van der Waals surface area contributed by atoms with Gasteiger partial charge in [0.15, 0.2) is 4.88 Å². The van der Waals surface area contributed by atoms with Gasteiger partial charge in [-0.05, 0) is 29.6 Å². The molecule has 2 aromatic rings. The third-order valence-electron chi connectivity index (χ3n) is 2.45. The molecule has 19 heavy (non-hydrogen) atoms. The number of hydrogen-bond donors (Lipinski definition) is 1. The summed E-state index contributed by atoms with van der Waals surface area (Å²) in [5.74, 6) is -0.684. The van der Waals surface area contributed by atoms with Crippen molar-refractivity contribution < 1.29 is 23.8 Å². The lowest BCUT2D eigenvalue weighted by Crippen LogP contribution is -2.02. The Balaban J connectivity index is 2.16. The van der Waals surface area contributed by atoms with Crippen molar-refractivity contribution in [2.45, 2.75) is 6.61 Å². The molecule has 1 aromatic carbocycles. The molecule has 0 atom stereocenters. The van der Waals surface area contributed by atoms with Crippen molar-refractivity contribution >= 4 is 17.3 Å². The molecule has 1 heterocycles. The van der Waals surface area contributed by atoms with E-state index in [-0.39, 0.29) is 17.2 Å². The number of carboxylic acids is 1. The first-order chi connectivity index (χ1) is 9.11. The largest absolute Gasteiger partial charge is 0.496 e. The summed E-state index contributed by atoms with van der Waals surface area (Å²) in [6, 6.07) is 5.65. The predicted octanol–water partition coefficient (Wildman–Crippen LogP) is 3.17. The number of benzene rings is 1. The Kier molecular flexibility index (Phi) is 4.01. The number of halogens is 1. The third kappa shape index (κ3) is 3.03. The second kappa shape index (κ2) is 5.71. The van der Waals surface area contributed by atoms with Gasteiger partial charge >= 0.3 is 5.97 Å². The van der Waals surface area contributed by atoms with Gasteiger partial charge in [0.05, 0.1) is 7.11 Å². The van der Waals surface area contributed by atoms with Crippen LogP contribution in [0, 0.1) is 5.82 Å². The maximum Gasteiger partial charge on any atom is 0.349 e. The highest BCUT2D eigenvalue weighted by molar-refractivity contribution is 7.12. The molecule has 2 rings (SSSR count). The molecule has 0 spiro atoms. The van der Waals surface area contributed by atoms with Crippen molar-refractivity contribution in [2.75, 3.05) is 7.11 Å². The minimum atomic E-state index is -1.05. The zero-order chi connectivity index (χ0) is 13.8. The van der Waals surface area contributed by atoms with Crippen molar-refractivity contribution in [2.24, 2.45) is 0 Å². The molecule has 0 aliphatic carbocycles. The van der Waals surface area contributed by atoms with Crippen LogP contribution in [0.25, 0.3) is 0 Å². The van der Waals surface area contributed by atoms with Crippen LogP contribution in [0.4, 0.5) is 4.39 Å². The van der Waals surface area contributed by atoms with Gasteiger partial charge in [-0.2, -0.15) is 0 Å². The van der Waals surface area contributed by atoms with E-state index in [1.165, 1.54) is 25.3 Å². The molecule has 0 bridgehead atoms. The van der Waals surface area contributed by atoms with Crippen molar-refractivity contribution in [3.8, 4) is 11.5 Å². The molecule has 0 amide bonds. The molecular formula is C13H11FO4S. The quantitative estimate of drug-likeness (QED) is 0.915. The van der Waals surface area contributed by atoms with E-state index >= 15 is 0 Å². The van der Waals surface area contributed by atoms with Gasteiger partial charge < -0.3 is 14.6 Å². The first-order valence-corrected chi connectivity index (χ1v) is 6.25. The van der Waals surface area contributed by atoms with E-state index in [2.05, 4.69) is 0 Å². The summed E-state index contributed by atoms with van der Waals surface area (Å²) in [7, 11) is 1.48. The molecule has 100 valence electrons. The van der Waals surface area contributed by atoms with E-state index in [1.807, 2.05) is 0 Å². The second-order valence-electron chi connectivity index (χ2n) is 3.66. The van der Waals surface area contributed by atoms with Gasteiger partial charge in [-0.1, -0.05) is 0 Å². The molecule has 1 aromatic heterocycles. The molecule has 0 saturated heterocycles. The molecular weight excluding hydrogens is 271 g/mol. The molecule has 0 radical (unpaired) electrons. The van der Waals surface area contributed by atoms with E-state index in [0.29, 0.717) is 11.3 Å². The van der Waals surface area contributed by atoms with Crippen molar-refractivity contribution in [3.05, 3.63) is 45.9 Å². The summed E-state index contributed by atoms with van der Waals surface area (Å²) < 4.78 is 23.6. The maximum atomic E-state index is 13.2. The third-order valence-corrected chi connectivity index (χ3v) is 3.33. The molecule has 0 aliphatic heterocycles. The van der Waals surface area contributed by atoms with Gasteiger partial charge in [-0.3, -0.25) is 0 Å². The van der Waals surface area contributed by atoms with E-state index in [4.69, 9.17) is 14.6 Å². The fraction of sp³-hybridized carbons (Fsp3) is 0.154. The molecule has 0 fully saturated rings. The van der Waals surface area contributed by atoms with Crippen LogP contribution in [0.2, 0.25) is 0 Å². The van der Waals surface area contributed by atoms with Crippen molar-refractivity contribution in [3.63, 3.8) is 0 Å². The van der Waals surface area contributed by atoms with Crippen LogP contribution in [0.15, 0.2) is 29.6 Å². The Morgan fingerprint density at radius 3 is 2.84 bits per heavy atom. The van der Waals surface area contributed by atoms with Crippen LogP contribution in [0.5, 0.6) is 11.5 Å². The monoisotopic (exact) mass is 282 g/mol. The molecule has 0 aliphatic rings. The lowest BCUT2D eigenvalue weighted by Gasteiger charge is -2.10. The Morgan fingerprint density at radius 1 is 1.37 bits per heavy atom. The van der Waals surface area contributed by atoms with Gasteiger partial charge in [0.25, 0.3) is 0 Å². The van der Waals surface area contributed by atoms with Gasteiger partial charge in [-0.25, -0.2) is 9.18 Å². The lowest BCUT2D eigenvalue weighted by atomic mass is 10.2. The minimum absolute atomic E-state index is 0.0396.